The summed E-state index contributed by atoms with van der Waals surface area (Å²) in [5.41, 5.74) is 0.866. The van der Waals surface area contributed by atoms with Gasteiger partial charge in [0.05, 0.1) is 27.0 Å². The fourth-order valence-corrected chi connectivity index (χ4v) is 2.98. The van der Waals surface area contributed by atoms with Crippen molar-refractivity contribution in [1.29, 1.82) is 0 Å². The molecule has 27 heavy (non-hydrogen) atoms. The minimum absolute atomic E-state index is 0.0442. The molecule has 1 saturated heterocycles. The smallest absolute Gasteiger partial charge is 0.246 e. The van der Waals surface area contributed by atoms with Gasteiger partial charge in [0.15, 0.2) is 11.5 Å². The molecule has 1 aliphatic rings. The van der Waals surface area contributed by atoms with Crippen LogP contribution in [0, 0.1) is 0 Å². The van der Waals surface area contributed by atoms with Gasteiger partial charge in [-0.2, -0.15) is 0 Å². The number of piperidine rings is 1. The lowest BCUT2D eigenvalue weighted by atomic mass is 10.1. The van der Waals surface area contributed by atoms with E-state index in [0.717, 1.165) is 24.9 Å². The minimum atomic E-state index is -0.0751. The predicted molar refractivity (Wildman–Crippen MR) is 101 cm³/mol. The fraction of sp³-hybridized carbons (Fsp3) is 0.350. The molecule has 7 heteroatoms. The molecule has 1 fully saturated rings. The van der Waals surface area contributed by atoms with Gasteiger partial charge in [0.25, 0.3) is 0 Å². The number of aromatic nitrogens is 2. The third kappa shape index (κ3) is 4.97. The van der Waals surface area contributed by atoms with Crippen molar-refractivity contribution < 1.29 is 19.0 Å². The number of carbonyl (C=O) groups excluding carboxylic acids is 1. The maximum Gasteiger partial charge on any atom is 0.246 e. The van der Waals surface area contributed by atoms with Gasteiger partial charge in [-0.15, -0.1) is 0 Å². The number of likely N-dealkylation sites (tertiary alicyclic amines) is 1. The van der Waals surface area contributed by atoms with Gasteiger partial charge in [-0.05, 0) is 36.6 Å². The van der Waals surface area contributed by atoms with E-state index in [0.29, 0.717) is 23.9 Å². The summed E-state index contributed by atoms with van der Waals surface area (Å²) in [4.78, 5) is 22.5. The van der Waals surface area contributed by atoms with Crippen molar-refractivity contribution in [2.24, 2.45) is 0 Å². The van der Waals surface area contributed by atoms with E-state index in [9.17, 15) is 4.79 Å². The van der Waals surface area contributed by atoms with Gasteiger partial charge in [-0.3, -0.25) is 9.78 Å². The Balaban J connectivity index is 1.61. The molecule has 142 valence electrons. The standard InChI is InChI=1S/C20H23N3O4/c1-25-17-7-5-15(12-18(17)26-2)6-8-20(24)23-11-3-4-16(14-23)27-19-13-21-9-10-22-19/h5-10,12-13,16H,3-4,11,14H2,1-2H3/b8-6+/t16-/m0/s1. The number of methoxy groups -OCH3 is 2. The largest absolute Gasteiger partial charge is 0.493 e. The third-order valence-corrected chi connectivity index (χ3v) is 4.34. The molecule has 2 heterocycles. The second kappa shape index (κ2) is 9.02. The van der Waals surface area contributed by atoms with Crippen LogP contribution in [-0.4, -0.2) is 54.2 Å². The van der Waals surface area contributed by atoms with Crippen molar-refractivity contribution in [3.8, 4) is 17.4 Å². The van der Waals surface area contributed by atoms with E-state index in [1.54, 1.807) is 49.9 Å². The van der Waals surface area contributed by atoms with Crippen LogP contribution in [0.25, 0.3) is 6.08 Å². The van der Waals surface area contributed by atoms with Crippen LogP contribution in [0.1, 0.15) is 18.4 Å². The van der Waals surface area contributed by atoms with Gasteiger partial charge >= 0.3 is 0 Å². The minimum Gasteiger partial charge on any atom is -0.493 e. The molecule has 0 unspecified atom stereocenters. The average molecular weight is 369 g/mol. The number of nitrogens with zero attached hydrogens (tertiary/aromatic N) is 3. The molecule has 0 radical (unpaired) electrons. The van der Waals surface area contributed by atoms with Gasteiger partial charge in [-0.1, -0.05) is 6.07 Å². The number of amides is 1. The van der Waals surface area contributed by atoms with Crippen LogP contribution < -0.4 is 14.2 Å². The summed E-state index contributed by atoms with van der Waals surface area (Å²) in [7, 11) is 3.17. The number of hydrogen-bond acceptors (Lipinski definition) is 6. The van der Waals surface area contributed by atoms with Gasteiger partial charge in [0, 0.05) is 25.0 Å². The molecule has 2 aromatic rings. The van der Waals surface area contributed by atoms with E-state index >= 15 is 0 Å². The average Bonchev–Trinajstić information content (AvgIpc) is 2.72. The zero-order valence-corrected chi connectivity index (χ0v) is 15.5. The van der Waals surface area contributed by atoms with Crippen LogP contribution in [-0.2, 0) is 4.79 Å². The zero-order valence-electron chi connectivity index (χ0n) is 15.5. The maximum atomic E-state index is 12.5. The van der Waals surface area contributed by atoms with Crippen molar-refractivity contribution in [3.05, 3.63) is 48.4 Å². The van der Waals surface area contributed by atoms with Gasteiger partial charge in [-0.25, -0.2) is 4.98 Å². The molecule has 1 aromatic carbocycles. The molecule has 7 nitrogen and oxygen atoms in total. The Morgan fingerprint density at radius 2 is 2.07 bits per heavy atom. The number of ether oxygens (including phenoxy) is 3. The summed E-state index contributed by atoms with van der Waals surface area (Å²) in [5.74, 6) is 1.72. The first-order chi connectivity index (χ1) is 13.2. The Morgan fingerprint density at radius 3 is 2.81 bits per heavy atom. The molecule has 0 aliphatic carbocycles. The first-order valence-electron chi connectivity index (χ1n) is 8.81. The first-order valence-corrected chi connectivity index (χ1v) is 8.81. The van der Waals surface area contributed by atoms with E-state index in [4.69, 9.17) is 14.2 Å². The molecule has 0 N–H and O–H groups in total. The quantitative estimate of drug-likeness (QED) is 0.729. The number of rotatable bonds is 6. The predicted octanol–water partition coefficient (Wildman–Crippen LogP) is 2.58. The number of hydrogen-bond donors (Lipinski definition) is 0. The first kappa shape index (κ1) is 18.7. The second-order valence-electron chi connectivity index (χ2n) is 6.16. The van der Waals surface area contributed by atoms with E-state index in [1.165, 1.54) is 0 Å². The molecular formula is C20H23N3O4. The number of benzene rings is 1. The van der Waals surface area contributed by atoms with Crippen LogP contribution in [0.5, 0.6) is 17.4 Å². The Hall–Kier alpha value is -3.09. The highest BCUT2D eigenvalue weighted by molar-refractivity contribution is 5.92. The normalized spacial score (nSPS) is 17.0. The summed E-state index contributed by atoms with van der Waals surface area (Å²) < 4.78 is 16.3. The molecular weight excluding hydrogens is 346 g/mol. The highest BCUT2D eigenvalue weighted by atomic mass is 16.5. The highest BCUT2D eigenvalue weighted by Crippen LogP contribution is 2.28. The third-order valence-electron chi connectivity index (χ3n) is 4.34. The lowest BCUT2D eigenvalue weighted by Crippen LogP contribution is -2.43. The monoisotopic (exact) mass is 369 g/mol. The van der Waals surface area contributed by atoms with E-state index < -0.39 is 0 Å². The molecule has 1 aliphatic heterocycles. The summed E-state index contributed by atoms with van der Waals surface area (Å²) in [6.45, 7) is 1.25. The molecule has 1 atom stereocenters. The Labute approximate surface area is 158 Å². The van der Waals surface area contributed by atoms with Crippen molar-refractivity contribution in [3.63, 3.8) is 0 Å². The molecule has 0 bridgehead atoms. The fourth-order valence-electron chi connectivity index (χ4n) is 2.98. The van der Waals surface area contributed by atoms with E-state index in [-0.39, 0.29) is 12.0 Å². The lowest BCUT2D eigenvalue weighted by molar-refractivity contribution is -0.128. The van der Waals surface area contributed by atoms with Crippen LogP contribution in [0.2, 0.25) is 0 Å². The molecule has 1 aromatic heterocycles. The number of carbonyl (C=O) groups is 1. The Bertz CT molecular complexity index is 795. The maximum absolute atomic E-state index is 12.5. The van der Waals surface area contributed by atoms with Gasteiger partial charge in [0.1, 0.15) is 6.10 Å². The molecule has 1 amide bonds. The second-order valence-corrected chi connectivity index (χ2v) is 6.16. The van der Waals surface area contributed by atoms with Gasteiger partial charge < -0.3 is 19.1 Å². The summed E-state index contributed by atoms with van der Waals surface area (Å²) >= 11 is 0. The summed E-state index contributed by atoms with van der Waals surface area (Å²) in [6, 6.07) is 5.52. The van der Waals surface area contributed by atoms with Gasteiger partial charge in [0.2, 0.25) is 11.8 Å². The highest BCUT2D eigenvalue weighted by Gasteiger charge is 2.24. The van der Waals surface area contributed by atoms with Crippen molar-refractivity contribution in [2.75, 3.05) is 27.3 Å². The van der Waals surface area contributed by atoms with E-state index in [2.05, 4.69) is 9.97 Å². The zero-order chi connectivity index (χ0) is 19.1. The molecule has 0 saturated carbocycles. The van der Waals surface area contributed by atoms with Crippen LogP contribution >= 0.6 is 0 Å². The van der Waals surface area contributed by atoms with Crippen LogP contribution in [0.4, 0.5) is 0 Å². The SMILES string of the molecule is COc1ccc(/C=C/C(=O)N2CCC[C@H](Oc3cnccn3)C2)cc1OC. The molecule has 3 rings (SSSR count). The van der Waals surface area contributed by atoms with Crippen molar-refractivity contribution in [2.45, 2.75) is 18.9 Å². The Morgan fingerprint density at radius 1 is 1.22 bits per heavy atom. The van der Waals surface area contributed by atoms with E-state index in [1.807, 2.05) is 18.2 Å². The molecule has 0 spiro atoms. The summed E-state index contributed by atoms with van der Waals surface area (Å²) in [5, 5.41) is 0. The van der Waals surface area contributed by atoms with Crippen LogP contribution in [0.3, 0.4) is 0 Å². The van der Waals surface area contributed by atoms with Crippen LogP contribution in [0.15, 0.2) is 42.9 Å². The lowest BCUT2D eigenvalue weighted by Gasteiger charge is -2.31. The van der Waals surface area contributed by atoms with Crippen molar-refractivity contribution in [1.82, 2.24) is 14.9 Å². The topological polar surface area (TPSA) is 73.8 Å². The van der Waals surface area contributed by atoms with Crippen molar-refractivity contribution >= 4 is 12.0 Å². The summed E-state index contributed by atoms with van der Waals surface area (Å²) in [6.07, 6.45) is 9.82. The Kier molecular flexibility index (Phi) is 6.25.